The van der Waals surface area contributed by atoms with Gasteiger partial charge >= 0.3 is 0 Å². The van der Waals surface area contributed by atoms with Crippen molar-refractivity contribution in [2.75, 3.05) is 0 Å². The van der Waals surface area contributed by atoms with Crippen molar-refractivity contribution in [3.05, 3.63) is 23.8 Å². The summed E-state index contributed by atoms with van der Waals surface area (Å²) in [5.41, 5.74) is 6.09. The molecule has 0 heterocycles. The van der Waals surface area contributed by atoms with Crippen LogP contribution in [0, 0.1) is 5.92 Å². The van der Waals surface area contributed by atoms with Crippen LogP contribution in [0.3, 0.4) is 0 Å². The minimum absolute atomic E-state index is 0.413. The first-order valence-corrected chi connectivity index (χ1v) is 3.83. The Bertz CT molecular complexity index is 164. The van der Waals surface area contributed by atoms with Crippen molar-refractivity contribution in [2.45, 2.75) is 27.7 Å². The van der Waals surface area contributed by atoms with Gasteiger partial charge in [0.25, 0.3) is 0 Å². The smallest absolute Gasteiger partial charge is 0.109 e. The Morgan fingerprint density at radius 3 is 2.27 bits per heavy atom. The van der Waals surface area contributed by atoms with Crippen LogP contribution >= 0.6 is 0 Å². The van der Waals surface area contributed by atoms with Crippen LogP contribution in [0.5, 0.6) is 0 Å². The molecule has 0 bridgehead atoms. The summed E-state index contributed by atoms with van der Waals surface area (Å²) in [5, 5.41) is 0. The van der Waals surface area contributed by atoms with E-state index in [-0.39, 0.29) is 0 Å². The lowest BCUT2D eigenvalue weighted by Crippen LogP contribution is -1.98. The molecule has 2 N–H and O–H groups in total. The molecular weight excluding hydrogens is 138 g/mol. The van der Waals surface area contributed by atoms with Gasteiger partial charge in [-0.05, 0) is 19.9 Å². The van der Waals surface area contributed by atoms with Gasteiger partial charge < -0.3 is 10.5 Å². The quantitative estimate of drug-likeness (QED) is 0.635. The second-order valence-electron chi connectivity index (χ2n) is 2.83. The standard InChI is InChI=1S/C9H17NO/c1-5-9(7(2)3)11-6-8(4)10/h5-7H,10H2,1-4H3/b8-6-,9-5-. The van der Waals surface area contributed by atoms with Gasteiger partial charge in [-0.1, -0.05) is 13.8 Å². The number of nitrogens with two attached hydrogens (primary N) is 1. The maximum absolute atomic E-state index is 5.40. The first-order chi connectivity index (χ1) is 5.07. The number of rotatable bonds is 3. The SMILES string of the molecule is C/C=C(\O/C=C(/C)N)C(C)C. The number of hydrogen-bond acceptors (Lipinski definition) is 2. The van der Waals surface area contributed by atoms with Crippen LogP contribution in [0.2, 0.25) is 0 Å². The molecule has 0 amide bonds. The molecule has 0 spiro atoms. The summed E-state index contributed by atoms with van der Waals surface area (Å²) >= 11 is 0. The first kappa shape index (κ1) is 10.1. The van der Waals surface area contributed by atoms with Crippen molar-refractivity contribution in [1.29, 1.82) is 0 Å². The molecule has 0 aromatic rings. The molecule has 0 aliphatic heterocycles. The third-order valence-corrected chi connectivity index (χ3v) is 1.23. The van der Waals surface area contributed by atoms with Gasteiger partial charge in [0, 0.05) is 11.6 Å². The van der Waals surface area contributed by atoms with Gasteiger partial charge in [-0.2, -0.15) is 0 Å². The zero-order valence-electron chi connectivity index (χ0n) is 7.72. The lowest BCUT2D eigenvalue weighted by atomic mass is 10.2. The Labute approximate surface area is 68.7 Å². The fourth-order valence-electron chi connectivity index (χ4n) is 0.698. The van der Waals surface area contributed by atoms with E-state index >= 15 is 0 Å². The van der Waals surface area contributed by atoms with E-state index in [1.165, 1.54) is 0 Å². The number of ether oxygens (including phenoxy) is 1. The fraction of sp³-hybridized carbons (Fsp3) is 0.556. The summed E-state index contributed by atoms with van der Waals surface area (Å²) in [6, 6.07) is 0. The lowest BCUT2D eigenvalue weighted by molar-refractivity contribution is 0.300. The minimum Gasteiger partial charge on any atom is -0.468 e. The Kier molecular flexibility index (Phi) is 4.42. The molecule has 11 heavy (non-hydrogen) atoms. The predicted molar refractivity (Wildman–Crippen MR) is 47.6 cm³/mol. The molecule has 0 aliphatic carbocycles. The van der Waals surface area contributed by atoms with Crippen LogP contribution in [-0.2, 0) is 4.74 Å². The third-order valence-electron chi connectivity index (χ3n) is 1.23. The third kappa shape index (κ3) is 4.48. The highest BCUT2D eigenvalue weighted by atomic mass is 16.5. The van der Waals surface area contributed by atoms with Crippen molar-refractivity contribution >= 4 is 0 Å². The molecular formula is C9H17NO. The number of hydrogen-bond donors (Lipinski definition) is 1. The Morgan fingerprint density at radius 1 is 1.45 bits per heavy atom. The van der Waals surface area contributed by atoms with Crippen LogP contribution in [0.15, 0.2) is 23.8 Å². The van der Waals surface area contributed by atoms with E-state index in [0.717, 1.165) is 5.76 Å². The van der Waals surface area contributed by atoms with Crippen LogP contribution in [0.1, 0.15) is 27.7 Å². The van der Waals surface area contributed by atoms with Gasteiger partial charge in [0.15, 0.2) is 0 Å². The van der Waals surface area contributed by atoms with Crippen molar-refractivity contribution in [2.24, 2.45) is 11.7 Å². The average molecular weight is 155 g/mol. The van der Waals surface area contributed by atoms with Crippen molar-refractivity contribution in [1.82, 2.24) is 0 Å². The summed E-state index contributed by atoms with van der Waals surface area (Å²) in [6.07, 6.45) is 3.51. The van der Waals surface area contributed by atoms with E-state index in [1.807, 2.05) is 13.0 Å². The summed E-state index contributed by atoms with van der Waals surface area (Å²) < 4.78 is 5.29. The van der Waals surface area contributed by atoms with Gasteiger partial charge in [-0.15, -0.1) is 0 Å². The van der Waals surface area contributed by atoms with Crippen LogP contribution in [0.25, 0.3) is 0 Å². The zero-order valence-corrected chi connectivity index (χ0v) is 7.72. The van der Waals surface area contributed by atoms with Crippen LogP contribution < -0.4 is 5.73 Å². The van der Waals surface area contributed by atoms with Gasteiger partial charge in [-0.3, -0.25) is 0 Å². The molecule has 64 valence electrons. The van der Waals surface area contributed by atoms with Crippen molar-refractivity contribution < 1.29 is 4.74 Å². The van der Waals surface area contributed by atoms with Crippen molar-refractivity contribution in [3.8, 4) is 0 Å². The second kappa shape index (κ2) is 4.83. The van der Waals surface area contributed by atoms with E-state index in [1.54, 1.807) is 13.2 Å². The van der Waals surface area contributed by atoms with E-state index in [4.69, 9.17) is 10.5 Å². The fourth-order valence-corrected chi connectivity index (χ4v) is 0.698. The molecule has 2 heteroatoms. The Hall–Kier alpha value is -0.920. The normalized spacial score (nSPS) is 13.9. The second-order valence-corrected chi connectivity index (χ2v) is 2.83. The maximum Gasteiger partial charge on any atom is 0.109 e. The summed E-state index contributed by atoms with van der Waals surface area (Å²) in [5.74, 6) is 1.37. The molecule has 0 aliphatic rings. The van der Waals surface area contributed by atoms with Gasteiger partial charge in [0.1, 0.15) is 12.0 Å². The van der Waals surface area contributed by atoms with Gasteiger partial charge in [0.05, 0.1) is 0 Å². The first-order valence-electron chi connectivity index (χ1n) is 3.83. The van der Waals surface area contributed by atoms with Gasteiger partial charge in [-0.25, -0.2) is 0 Å². The molecule has 0 saturated carbocycles. The molecule has 0 atom stereocenters. The van der Waals surface area contributed by atoms with E-state index in [9.17, 15) is 0 Å². The van der Waals surface area contributed by atoms with E-state index in [0.29, 0.717) is 11.6 Å². The zero-order chi connectivity index (χ0) is 8.85. The largest absolute Gasteiger partial charge is 0.468 e. The summed E-state index contributed by atoms with van der Waals surface area (Å²) in [7, 11) is 0. The summed E-state index contributed by atoms with van der Waals surface area (Å²) in [4.78, 5) is 0. The molecule has 0 rings (SSSR count). The topological polar surface area (TPSA) is 35.2 Å². The van der Waals surface area contributed by atoms with Gasteiger partial charge in [0.2, 0.25) is 0 Å². The lowest BCUT2D eigenvalue weighted by Gasteiger charge is -2.08. The van der Waals surface area contributed by atoms with Crippen LogP contribution in [0.4, 0.5) is 0 Å². The molecule has 2 nitrogen and oxygen atoms in total. The molecule has 0 fully saturated rings. The summed E-state index contributed by atoms with van der Waals surface area (Å²) in [6.45, 7) is 7.91. The van der Waals surface area contributed by atoms with E-state index < -0.39 is 0 Å². The molecule has 0 saturated heterocycles. The highest BCUT2D eigenvalue weighted by molar-refractivity contribution is 4.97. The predicted octanol–water partition coefficient (Wildman–Crippen LogP) is 2.38. The minimum atomic E-state index is 0.413. The number of allylic oxidation sites excluding steroid dienone is 3. The Balaban J connectivity index is 4.02. The monoisotopic (exact) mass is 155 g/mol. The molecule has 0 aromatic heterocycles. The van der Waals surface area contributed by atoms with Crippen LogP contribution in [-0.4, -0.2) is 0 Å². The molecule has 0 radical (unpaired) electrons. The maximum atomic E-state index is 5.40. The average Bonchev–Trinajstić information content (AvgIpc) is 1.87. The highest BCUT2D eigenvalue weighted by Crippen LogP contribution is 2.10. The highest BCUT2D eigenvalue weighted by Gasteiger charge is 2.00. The molecule has 0 unspecified atom stereocenters. The Morgan fingerprint density at radius 2 is 2.00 bits per heavy atom. The van der Waals surface area contributed by atoms with E-state index in [2.05, 4.69) is 13.8 Å². The molecule has 0 aromatic carbocycles. The van der Waals surface area contributed by atoms with Crippen molar-refractivity contribution in [3.63, 3.8) is 0 Å².